The first-order valence-electron chi connectivity index (χ1n) is 11.1. The van der Waals surface area contributed by atoms with Gasteiger partial charge in [-0.2, -0.15) is 0 Å². The van der Waals surface area contributed by atoms with E-state index in [1.54, 1.807) is 49.6 Å². The molecule has 1 atom stereocenters. The zero-order chi connectivity index (χ0) is 25.5. The summed E-state index contributed by atoms with van der Waals surface area (Å²) in [6.07, 6.45) is 2.29. The zero-order valence-electron chi connectivity index (χ0n) is 19.9. The number of halogens is 1. The largest absolute Gasteiger partial charge is 0.497 e. The van der Waals surface area contributed by atoms with Crippen molar-refractivity contribution in [3.8, 4) is 17.2 Å². The molecule has 0 spiro atoms. The lowest BCUT2D eigenvalue weighted by Gasteiger charge is -2.18. The zero-order valence-corrected chi connectivity index (χ0v) is 21.5. The van der Waals surface area contributed by atoms with Crippen molar-refractivity contribution in [3.05, 3.63) is 51.9 Å². The molecule has 0 radical (unpaired) electrons. The van der Waals surface area contributed by atoms with Crippen molar-refractivity contribution in [1.82, 2.24) is 4.90 Å². The van der Waals surface area contributed by atoms with Gasteiger partial charge < -0.3 is 19.5 Å². The topological polar surface area (TPSA) is 94.2 Å². The molecule has 1 heterocycles. The van der Waals surface area contributed by atoms with Gasteiger partial charge in [0.05, 0.1) is 29.7 Å². The summed E-state index contributed by atoms with van der Waals surface area (Å²) in [4.78, 5) is 38.8. The summed E-state index contributed by atoms with van der Waals surface area (Å²) in [7, 11) is 1.54. The smallest absolute Gasteiger partial charge is 0.294 e. The first-order valence-corrected chi connectivity index (χ1v) is 12.3. The number of ether oxygens (including phenoxy) is 3. The quantitative estimate of drug-likeness (QED) is 0.409. The maximum Gasteiger partial charge on any atom is 0.294 e. The number of carbonyl (C=O) groups excluding carboxylic acids is 3. The summed E-state index contributed by atoms with van der Waals surface area (Å²) in [5.74, 6) is 0.477. The molecule has 1 N–H and O–H groups in total. The second-order valence-corrected chi connectivity index (χ2v) is 9.04. The van der Waals surface area contributed by atoms with Gasteiger partial charge in [-0.25, -0.2) is 0 Å². The molecule has 1 fully saturated rings. The fourth-order valence-electron chi connectivity index (χ4n) is 3.14. The van der Waals surface area contributed by atoms with Gasteiger partial charge in [-0.05, 0) is 80.1 Å². The molecule has 10 heteroatoms. The van der Waals surface area contributed by atoms with Gasteiger partial charge in [0.2, 0.25) is 5.91 Å². The van der Waals surface area contributed by atoms with Gasteiger partial charge in [-0.1, -0.05) is 18.5 Å². The van der Waals surface area contributed by atoms with E-state index in [4.69, 9.17) is 25.8 Å². The molecule has 186 valence electrons. The molecule has 8 nitrogen and oxygen atoms in total. The van der Waals surface area contributed by atoms with Crippen molar-refractivity contribution in [2.75, 3.05) is 25.6 Å². The SMILES string of the molecule is CCOc1cc(/C=C2/SC(=O)N(CC(=O)Nc3ccc(OC)cc3)C2=O)cc(Cl)c1O[C@H](C)CC. The van der Waals surface area contributed by atoms with Gasteiger partial charge in [0.1, 0.15) is 12.3 Å². The van der Waals surface area contributed by atoms with Crippen LogP contribution in [0.25, 0.3) is 6.08 Å². The van der Waals surface area contributed by atoms with Crippen LogP contribution in [-0.2, 0) is 9.59 Å². The Labute approximate surface area is 213 Å². The first-order chi connectivity index (χ1) is 16.7. The molecule has 0 aromatic heterocycles. The van der Waals surface area contributed by atoms with Crippen LogP contribution in [0.1, 0.15) is 32.8 Å². The van der Waals surface area contributed by atoms with Crippen LogP contribution >= 0.6 is 23.4 Å². The van der Waals surface area contributed by atoms with E-state index in [9.17, 15) is 14.4 Å². The monoisotopic (exact) mass is 518 g/mol. The number of nitrogens with one attached hydrogen (secondary N) is 1. The van der Waals surface area contributed by atoms with E-state index >= 15 is 0 Å². The third-order valence-electron chi connectivity index (χ3n) is 5.07. The minimum Gasteiger partial charge on any atom is -0.497 e. The Hall–Kier alpha value is -3.17. The van der Waals surface area contributed by atoms with Gasteiger partial charge in [-0.15, -0.1) is 0 Å². The minimum atomic E-state index is -0.557. The number of rotatable bonds is 10. The molecular weight excluding hydrogens is 492 g/mol. The van der Waals surface area contributed by atoms with Gasteiger partial charge in [0, 0.05) is 5.69 Å². The molecule has 35 heavy (non-hydrogen) atoms. The number of methoxy groups -OCH3 is 1. The lowest BCUT2D eigenvalue weighted by molar-refractivity contribution is -0.127. The molecule has 0 aliphatic carbocycles. The third-order valence-corrected chi connectivity index (χ3v) is 6.26. The predicted molar refractivity (Wildman–Crippen MR) is 137 cm³/mol. The number of hydrogen-bond donors (Lipinski definition) is 1. The van der Waals surface area contributed by atoms with Crippen molar-refractivity contribution in [2.45, 2.75) is 33.3 Å². The Bertz CT molecular complexity index is 1140. The van der Waals surface area contributed by atoms with Crippen LogP contribution in [0.5, 0.6) is 17.2 Å². The lowest BCUT2D eigenvalue weighted by Crippen LogP contribution is -2.36. The third kappa shape index (κ3) is 6.70. The second kappa shape index (κ2) is 12.0. The minimum absolute atomic E-state index is 0.0573. The van der Waals surface area contributed by atoms with Crippen LogP contribution in [-0.4, -0.2) is 48.3 Å². The van der Waals surface area contributed by atoms with Crippen molar-refractivity contribution in [1.29, 1.82) is 0 Å². The Morgan fingerprint density at radius 3 is 2.54 bits per heavy atom. The molecule has 3 amide bonds. The highest BCUT2D eigenvalue weighted by molar-refractivity contribution is 8.18. The van der Waals surface area contributed by atoms with Crippen molar-refractivity contribution < 1.29 is 28.6 Å². The summed E-state index contributed by atoms with van der Waals surface area (Å²) in [6.45, 7) is 5.77. The first kappa shape index (κ1) is 26.4. The Morgan fingerprint density at radius 2 is 1.91 bits per heavy atom. The molecule has 2 aromatic carbocycles. The van der Waals surface area contributed by atoms with Crippen LogP contribution in [0.2, 0.25) is 5.02 Å². The summed E-state index contributed by atoms with van der Waals surface area (Å²) >= 11 is 7.21. The number of amides is 3. The molecule has 0 unspecified atom stereocenters. The van der Waals surface area contributed by atoms with Crippen molar-refractivity contribution in [2.24, 2.45) is 0 Å². The number of nitrogens with zero attached hydrogens (tertiary/aromatic N) is 1. The Balaban J connectivity index is 1.75. The standard InChI is InChI=1S/C25H27ClN2O6S/c1-5-15(3)34-23-19(26)11-16(12-20(23)33-6-2)13-21-24(30)28(25(31)35-21)14-22(29)27-17-7-9-18(32-4)10-8-17/h7-13,15H,5-6,14H2,1-4H3,(H,27,29)/b21-13+/t15-/m1/s1. The fraction of sp³-hybridized carbons (Fsp3) is 0.320. The number of hydrogen-bond acceptors (Lipinski definition) is 7. The average Bonchev–Trinajstić information content (AvgIpc) is 3.09. The maximum atomic E-state index is 12.9. The summed E-state index contributed by atoms with van der Waals surface area (Å²) < 4.78 is 16.7. The predicted octanol–water partition coefficient (Wildman–Crippen LogP) is 5.60. The fourth-order valence-corrected chi connectivity index (χ4v) is 4.24. The second-order valence-electron chi connectivity index (χ2n) is 7.64. The summed E-state index contributed by atoms with van der Waals surface area (Å²) in [5, 5.41) is 2.47. The van der Waals surface area contributed by atoms with E-state index in [1.807, 2.05) is 20.8 Å². The molecule has 0 bridgehead atoms. The van der Waals surface area contributed by atoms with Gasteiger partial charge in [-0.3, -0.25) is 19.3 Å². The molecule has 1 aliphatic rings. The maximum absolute atomic E-state index is 12.9. The molecular formula is C25H27ClN2O6S. The van der Waals surface area contributed by atoms with Crippen molar-refractivity contribution >= 4 is 52.2 Å². The van der Waals surface area contributed by atoms with Crippen LogP contribution < -0.4 is 19.5 Å². The van der Waals surface area contributed by atoms with Crippen LogP contribution in [0.15, 0.2) is 41.3 Å². The van der Waals surface area contributed by atoms with E-state index in [-0.39, 0.29) is 11.0 Å². The highest BCUT2D eigenvalue weighted by Gasteiger charge is 2.36. The van der Waals surface area contributed by atoms with Crippen LogP contribution in [0, 0.1) is 0 Å². The van der Waals surface area contributed by atoms with E-state index in [0.717, 1.165) is 23.1 Å². The molecule has 3 rings (SSSR count). The van der Waals surface area contributed by atoms with E-state index in [0.29, 0.717) is 40.1 Å². The van der Waals surface area contributed by atoms with E-state index in [2.05, 4.69) is 5.32 Å². The van der Waals surface area contributed by atoms with Gasteiger partial charge >= 0.3 is 0 Å². The molecule has 0 saturated carbocycles. The molecule has 2 aromatic rings. The normalized spacial score (nSPS) is 15.3. The van der Waals surface area contributed by atoms with Crippen LogP contribution in [0.3, 0.4) is 0 Å². The number of thioether (sulfide) groups is 1. The number of carbonyl (C=O) groups is 3. The highest BCUT2D eigenvalue weighted by Crippen LogP contribution is 2.39. The number of imide groups is 1. The van der Waals surface area contributed by atoms with Gasteiger partial charge in [0.15, 0.2) is 11.5 Å². The van der Waals surface area contributed by atoms with Crippen molar-refractivity contribution in [3.63, 3.8) is 0 Å². The van der Waals surface area contributed by atoms with Crippen LogP contribution in [0.4, 0.5) is 10.5 Å². The Kier molecular flexibility index (Phi) is 9.06. The highest BCUT2D eigenvalue weighted by atomic mass is 35.5. The van der Waals surface area contributed by atoms with E-state index in [1.165, 1.54) is 0 Å². The lowest BCUT2D eigenvalue weighted by atomic mass is 10.1. The molecule has 1 aliphatic heterocycles. The number of anilines is 1. The van der Waals surface area contributed by atoms with Gasteiger partial charge in [0.25, 0.3) is 11.1 Å². The molecule has 1 saturated heterocycles. The average molecular weight is 519 g/mol. The number of benzene rings is 2. The summed E-state index contributed by atoms with van der Waals surface area (Å²) in [6, 6.07) is 10.1. The summed E-state index contributed by atoms with van der Waals surface area (Å²) in [5.41, 5.74) is 1.10. The van der Waals surface area contributed by atoms with E-state index < -0.39 is 23.6 Å². The Morgan fingerprint density at radius 1 is 1.20 bits per heavy atom.